The molecule has 0 unspecified atom stereocenters. The summed E-state index contributed by atoms with van der Waals surface area (Å²) < 4.78 is 24.9. The number of anilines is 1. The average molecular weight is 399 g/mol. The second-order valence-corrected chi connectivity index (χ2v) is 9.91. The highest BCUT2D eigenvalue weighted by Crippen LogP contribution is 2.26. The predicted octanol–water partition coefficient (Wildman–Crippen LogP) is 2.79. The third-order valence-electron chi connectivity index (χ3n) is 4.86. The summed E-state index contributed by atoms with van der Waals surface area (Å²) in [6, 6.07) is 1.62. The fourth-order valence-electron chi connectivity index (χ4n) is 3.45. The maximum absolute atomic E-state index is 12.3. The molecule has 1 aliphatic rings. The number of nitrogens with one attached hydrogen (secondary N) is 1. The smallest absolute Gasteiger partial charge is 0.271 e. The number of nitrogens with zero attached hydrogens (tertiary/aromatic N) is 3. The summed E-state index contributed by atoms with van der Waals surface area (Å²) in [6.45, 7) is 3.80. The van der Waals surface area contributed by atoms with E-state index in [4.69, 9.17) is 11.6 Å². The highest BCUT2D eigenvalue weighted by atomic mass is 35.5. The van der Waals surface area contributed by atoms with Gasteiger partial charge in [0.1, 0.15) is 20.5 Å². The summed E-state index contributed by atoms with van der Waals surface area (Å²) in [5.41, 5.74) is 0.268. The highest BCUT2D eigenvalue weighted by Gasteiger charge is 2.28. The highest BCUT2D eigenvalue weighted by molar-refractivity contribution is 7.91. The molecule has 1 fully saturated rings. The van der Waals surface area contributed by atoms with Crippen molar-refractivity contribution in [3.63, 3.8) is 0 Å². The van der Waals surface area contributed by atoms with E-state index in [1.54, 1.807) is 16.8 Å². The molecule has 2 aromatic heterocycles. The first kappa shape index (κ1) is 19.1. The van der Waals surface area contributed by atoms with Gasteiger partial charge in [-0.25, -0.2) is 13.4 Å². The third-order valence-corrected chi connectivity index (χ3v) is 6.81. The van der Waals surface area contributed by atoms with Crippen molar-refractivity contribution in [2.75, 3.05) is 11.6 Å². The topological polar surface area (TPSA) is 94.0 Å². The summed E-state index contributed by atoms with van der Waals surface area (Å²) in [7, 11) is -2.98. The summed E-state index contributed by atoms with van der Waals surface area (Å²) >= 11 is 6.03. The molecule has 3 rings (SSSR count). The van der Waals surface area contributed by atoms with Crippen molar-refractivity contribution in [3.8, 4) is 0 Å². The van der Waals surface area contributed by atoms with Crippen molar-refractivity contribution in [3.05, 3.63) is 27.6 Å². The predicted molar refractivity (Wildman–Crippen MR) is 104 cm³/mol. The Kier molecular flexibility index (Phi) is 5.25. The number of sulfone groups is 1. The van der Waals surface area contributed by atoms with Crippen LogP contribution in [0.3, 0.4) is 0 Å². The Morgan fingerprint density at radius 2 is 1.92 bits per heavy atom. The molecule has 0 aliphatic heterocycles. The van der Waals surface area contributed by atoms with Gasteiger partial charge in [0.25, 0.3) is 5.56 Å². The maximum atomic E-state index is 12.3. The number of hydrogen-bond acceptors (Lipinski definition) is 6. The number of fused-ring (bicyclic) bond motifs is 1. The van der Waals surface area contributed by atoms with E-state index in [1.165, 1.54) is 6.26 Å². The lowest BCUT2D eigenvalue weighted by Gasteiger charge is -2.28. The zero-order chi connectivity index (χ0) is 19.1. The number of hydrogen-bond donors (Lipinski definition) is 1. The van der Waals surface area contributed by atoms with Gasteiger partial charge in [-0.1, -0.05) is 11.6 Å². The van der Waals surface area contributed by atoms with E-state index < -0.39 is 9.84 Å². The van der Waals surface area contributed by atoms with Crippen molar-refractivity contribution >= 4 is 38.4 Å². The van der Waals surface area contributed by atoms with E-state index in [0.29, 0.717) is 29.8 Å². The minimum atomic E-state index is -2.98. The van der Waals surface area contributed by atoms with Crippen molar-refractivity contribution in [2.45, 2.75) is 56.9 Å². The Labute approximate surface area is 157 Å². The molecule has 1 aliphatic carbocycles. The van der Waals surface area contributed by atoms with Crippen LogP contribution in [0, 0.1) is 0 Å². The van der Waals surface area contributed by atoms with E-state index in [9.17, 15) is 13.2 Å². The molecular weight excluding hydrogens is 376 g/mol. The molecule has 26 heavy (non-hydrogen) atoms. The SMILES string of the molecule is CC(C)n1c(=O)c(Cl)cc2cnc(N[C@H]3CC[C@H](S(C)(=O)=O)CC3)nc21. The van der Waals surface area contributed by atoms with Crippen molar-refractivity contribution < 1.29 is 8.42 Å². The zero-order valence-electron chi connectivity index (χ0n) is 15.1. The molecule has 1 N–H and O–H groups in total. The molecule has 0 atom stereocenters. The third kappa shape index (κ3) is 3.86. The number of halogens is 1. The molecular formula is C17H23ClN4O3S. The van der Waals surface area contributed by atoms with Gasteiger partial charge >= 0.3 is 0 Å². The monoisotopic (exact) mass is 398 g/mol. The molecule has 9 heteroatoms. The van der Waals surface area contributed by atoms with Gasteiger partial charge in [-0.05, 0) is 45.6 Å². The molecule has 7 nitrogen and oxygen atoms in total. The Balaban J connectivity index is 1.85. The van der Waals surface area contributed by atoms with Crippen LogP contribution in [0.1, 0.15) is 45.6 Å². The lowest BCUT2D eigenvalue weighted by atomic mass is 9.95. The van der Waals surface area contributed by atoms with Crippen LogP contribution in [0.15, 0.2) is 17.1 Å². The molecule has 0 aromatic carbocycles. The van der Waals surface area contributed by atoms with Crippen LogP contribution in [0.2, 0.25) is 5.02 Å². The van der Waals surface area contributed by atoms with Crippen LogP contribution in [0.5, 0.6) is 0 Å². The molecule has 0 saturated heterocycles. The van der Waals surface area contributed by atoms with Gasteiger partial charge in [0, 0.05) is 29.9 Å². The second-order valence-electron chi connectivity index (χ2n) is 7.18. The fraction of sp³-hybridized carbons (Fsp3) is 0.588. The molecule has 2 aromatic rings. The Morgan fingerprint density at radius 3 is 2.50 bits per heavy atom. The lowest BCUT2D eigenvalue weighted by Crippen LogP contribution is -2.33. The van der Waals surface area contributed by atoms with Crippen LogP contribution in [0.25, 0.3) is 11.0 Å². The number of aromatic nitrogens is 3. The van der Waals surface area contributed by atoms with E-state index >= 15 is 0 Å². The zero-order valence-corrected chi connectivity index (χ0v) is 16.6. The summed E-state index contributed by atoms with van der Waals surface area (Å²) in [5.74, 6) is 0.441. The summed E-state index contributed by atoms with van der Waals surface area (Å²) in [4.78, 5) is 21.2. The normalized spacial score (nSPS) is 21.3. The van der Waals surface area contributed by atoms with Crippen LogP contribution >= 0.6 is 11.6 Å². The van der Waals surface area contributed by atoms with Gasteiger partial charge in [-0.2, -0.15) is 4.98 Å². The second kappa shape index (κ2) is 7.15. The van der Waals surface area contributed by atoms with Crippen LogP contribution < -0.4 is 10.9 Å². The first-order valence-corrected chi connectivity index (χ1v) is 11.0. The van der Waals surface area contributed by atoms with E-state index in [1.807, 2.05) is 13.8 Å². The van der Waals surface area contributed by atoms with Gasteiger partial charge in [0.15, 0.2) is 0 Å². The standard InChI is InChI=1S/C17H23ClN4O3S/c1-10(2)22-15-11(8-14(18)16(22)23)9-19-17(21-15)20-12-4-6-13(7-5-12)26(3,24)25/h8-10,12-13H,4-7H2,1-3H3,(H,19,20,21)/t12-,13-. The van der Waals surface area contributed by atoms with Crippen molar-refractivity contribution in [2.24, 2.45) is 0 Å². The minimum Gasteiger partial charge on any atom is -0.351 e. The molecule has 2 heterocycles. The Morgan fingerprint density at radius 1 is 1.27 bits per heavy atom. The molecule has 0 bridgehead atoms. The van der Waals surface area contributed by atoms with Gasteiger partial charge in [-0.3, -0.25) is 9.36 Å². The largest absolute Gasteiger partial charge is 0.351 e. The quantitative estimate of drug-likeness (QED) is 0.850. The van der Waals surface area contributed by atoms with E-state index in [0.717, 1.165) is 12.8 Å². The van der Waals surface area contributed by atoms with Gasteiger partial charge < -0.3 is 5.32 Å². The lowest BCUT2D eigenvalue weighted by molar-refractivity contribution is 0.452. The number of pyridine rings is 1. The molecule has 142 valence electrons. The van der Waals surface area contributed by atoms with E-state index in [2.05, 4.69) is 15.3 Å². The van der Waals surface area contributed by atoms with Crippen molar-refractivity contribution in [1.29, 1.82) is 0 Å². The molecule has 0 amide bonds. The van der Waals surface area contributed by atoms with Crippen LogP contribution in [-0.4, -0.2) is 40.5 Å². The summed E-state index contributed by atoms with van der Waals surface area (Å²) in [5, 5.41) is 3.87. The van der Waals surface area contributed by atoms with Crippen LogP contribution in [-0.2, 0) is 9.84 Å². The van der Waals surface area contributed by atoms with E-state index in [-0.39, 0.29) is 27.9 Å². The fourth-order valence-corrected chi connectivity index (χ4v) is 4.79. The number of rotatable bonds is 4. The maximum Gasteiger partial charge on any atom is 0.271 e. The molecule has 0 radical (unpaired) electrons. The van der Waals surface area contributed by atoms with Gasteiger partial charge in [0.2, 0.25) is 5.95 Å². The Bertz CT molecular complexity index is 979. The van der Waals surface area contributed by atoms with Gasteiger partial charge in [-0.15, -0.1) is 0 Å². The first-order chi connectivity index (χ1) is 12.2. The Hall–Kier alpha value is -1.67. The minimum absolute atomic E-state index is 0.0864. The molecule has 1 saturated carbocycles. The van der Waals surface area contributed by atoms with Crippen LogP contribution in [0.4, 0.5) is 5.95 Å². The molecule has 0 spiro atoms. The average Bonchev–Trinajstić information content (AvgIpc) is 2.55. The first-order valence-electron chi connectivity index (χ1n) is 8.70. The summed E-state index contributed by atoms with van der Waals surface area (Å²) in [6.07, 6.45) is 5.71. The van der Waals surface area contributed by atoms with Crippen molar-refractivity contribution in [1.82, 2.24) is 14.5 Å². The van der Waals surface area contributed by atoms with Gasteiger partial charge in [0.05, 0.1) is 5.25 Å².